The van der Waals surface area contributed by atoms with Crippen LogP contribution in [0.2, 0.25) is 23.2 Å². The summed E-state index contributed by atoms with van der Waals surface area (Å²) >= 11 is 9.50. The lowest BCUT2D eigenvalue weighted by Gasteiger charge is -2.39. The molecule has 0 saturated carbocycles. The van der Waals surface area contributed by atoms with Crippen LogP contribution in [0.4, 0.5) is 4.79 Å². The Balaban J connectivity index is 2.96. The van der Waals surface area contributed by atoms with Crippen molar-refractivity contribution in [2.75, 3.05) is 6.54 Å². The first-order valence-corrected chi connectivity index (χ1v) is 12.0. The number of amides is 1. The first kappa shape index (κ1) is 22.4. The summed E-state index contributed by atoms with van der Waals surface area (Å²) in [6, 6.07) is 0. The van der Waals surface area contributed by atoms with Crippen molar-refractivity contribution in [3.05, 3.63) is 27.5 Å². The molecule has 0 bridgehead atoms. The molecule has 0 radical (unpaired) electrons. The molecular weight excluding hydrogens is 428 g/mol. The quantitative estimate of drug-likeness (QED) is 0.526. The predicted molar refractivity (Wildman–Crippen MR) is 105 cm³/mol. The average molecular weight is 454 g/mol. The van der Waals surface area contributed by atoms with Crippen LogP contribution in [0, 0.1) is 0 Å². The molecule has 0 aliphatic rings. The van der Waals surface area contributed by atoms with E-state index in [2.05, 4.69) is 60.1 Å². The maximum atomic E-state index is 10.9. The first-order chi connectivity index (χ1) is 11.3. The highest BCUT2D eigenvalue weighted by molar-refractivity contribution is 9.10. The van der Waals surface area contributed by atoms with E-state index in [0.717, 1.165) is 0 Å². The van der Waals surface area contributed by atoms with Crippen LogP contribution in [-0.4, -0.2) is 42.3 Å². The third-order valence-electron chi connectivity index (χ3n) is 4.46. The molecule has 0 saturated heterocycles. The van der Waals surface area contributed by atoms with Crippen LogP contribution in [-0.2, 0) is 4.43 Å². The molecule has 0 unspecified atom stereocenters. The predicted octanol–water partition coefficient (Wildman–Crippen LogP) is 4.58. The van der Waals surface area contributed by atoms with Crippen molar-refractivity contribution in [1.29, 1.82) is 0 Å². The van der Waals surface area contributed by atoms with Crippen molar-refractivity contribution >= 4 is 41.9 Å². The van der Waals surface area contributed by atoms with Crippen molar-refractivity contribution in [3.63, 3.8) is 0 Å². The number of aliphatic hydroxyl groups excluding tert-OH is 1. The van der Waals surface area contributed by atoms with Crippen molar-refractivity contribution in [2.45, 2.75) is 57.5 Å². The van der Waals surface area contributed by atoms with Gasteiger partial charge in [0.2, 0.25) is 0 Å². The summed E-state index contributed by atoms with van der Waals surface area (Å²) < 4.78 is 6.89. The summed E-state index contributed by atoms with van der Waals surface area (Å²) in [5, 5.41) is 22.2. The highest BCUT2D eigenvalue weighted by Crippen LogP contribution is 2.38. The Kier molecular flexibility index (Phi) is 7.88. The normalized spacial score (nSPS) is 14.9. The second-order valence-corrected chi connectivity index (χ2v) is 13.5. The van der Waals surface area contributed by atoms with Gasteiger partial charge in [0.1, 0.15) is 0 Å². The summed E-state index contributed by atoms with van der Waals surface area (Å²) in [5.74, 6) is 0. The Morgan fingerprint density at radius 1 is 1.44 bits per heavy atom. The number of nitrogens with one attached hydrogen (secondary N) is 1. The lowest BCUT2D eigenvalue weighted by Crippen LogP contribution is -2.47. The van der Waals surface area contributed by atoms with Gasteiger partial charge in [-0.15, -0.1) is 0 Å². The fourth-order valence-electron chi connectivity index (χ4n) is 2.01. The minimum Gasteiger partial charge on any atom is -0.465 e. The molecular formula is C16H26BrClN2O4Si. The SMILES string of the molecule is CC(C)(C)[Si](C)(C)O[C@@H](CNC(=O)O)C[C@@H](O)c1cncc(Br)c1Cl. The summed E-state index contributed by atoms with van der Waals surface area (Å²) in [7, 11) is -2.13. The van der Waals surface area contributed by atoms with Gasteiger partial charge in [0.05, 0.1) is 21.7 Å². The molecule has 0 fully saturated rings. The zero-order chi connectivity index (χ0) is 19.4. The molecule has 1 aromatic heterocycles. The van der Waals surface area contributed by atoms with Crippen LogP contribution in [0.5, 0.6) is 0 Å². The molecule has 0 aliphatic carbocycles. The maximum absolute atomic E-state index is 10.9. The van der Waals surface area contributed by atoms with Gasteiger partial charge < -0.3 is 20.0 Å². The number of rotatable bonds is 7. The Morgan fingerprint density at radius 2 is 2.04 bits per heavy atom. The third-order valence-corrected chi connectivity index (χ3v) is 10.2. The minimum atomic E-state index is -2.13. The fourth-order valence-corrected chi connectivity index (χ4v) is 3.95. The third kappa shape index (κ3) is 6.52. The van der Waals surface area contributed by atoms with Crippen molar-refractivity contribution in [2.24, 2.45) is 0 Å². The molecule has 0 spiro atoms. The molecule has 1 rings (SSSR count). The Morgan fingerprint density at radius 3 is 2.56 bits per heavy atom. The molecule has 0 aromatic carbocycles. The molecule has 0 aliphatic heterocycles. The second kappa shape index (κ2) is 8.81. The highest BCUT2D eigenvalue weighted by atomic mass is 79.9. The van der Waals surface area contributed by atoms with Crippen molar-refractivity contribution in [3.8, 4) is 0 Å². The number of nitrogens with zero attached hydrogens (tertiary/aromatic N) is 1. The number of aliphatic hydroxyl groups is 1. The first-order valence-electron chi connectivity index (χ1n) is 7.96. The van der Waals surface area contributed by atoms with E-state index in [0.29, 0.717) is 15.1 Å². The van der Waals surface area contributed by atoms with Crippen LogP contribution in [0.3, 0.4) is 0 Å². The van der Waals surface area contributed by atoms with E-state index in [1.165, 1.54) is 6.20 Å². The number of hydrogen-bond acceptors (Lipinski definition) is 4. The highest BCUT2D eigenvalue weighted by Gasteiger charge is 2.39. The lowest BCUT2D eigenvalue weighted by molar-refractivity contribution is 0.0846. The van der Waals surface area contributed by atoms with E-state index >= 15 is 0 Å². The molecule has 1 amide bonds. The maximum Gasteiger partial charge on any atom is 0.404 e. The summed E-state index contributed by atoms with van der Waals surface area (Å²) in [6.45, 7) is 10.6. The van der Waals surface area contributed by atoms with E-state index in [1.54, 1.807) is 6.20 Å². The number of carboxylic acid groups (broad SMARTS) is 1. The van der Waals surface area contributed by atoms with Gasteiger partial charge in [0.15, 0.2) is 8.32 Å². The topological polar surface area (TPSA) is 91.7 Å². The van der Waals surface area contributed by atoms with E-state index < -0.39 is 26.6 Å². The van der Waals surface area contributed by atoms with Crippen LogP contribution in [0.1, 0.15) is 38.9 Å². The standard InChI is InChI=1S/C16H26BrClN2O4Si/c1-16(2,3)25(4,5)24-10(7-20-15(22)23)6-13(21)11-8-19-9-12(17)14(11)18/h8-10,13,20-21H,6-7H2,1-5H3,(H,22,23)/t10-,13-/m1/s1. The Labute approximate surface area is 163 Å². The molecule has 3 N–H and O–H groups in total. The summed E-state index contributed by atoms with van der Waals surface area (Å²) in [5.41, 5.74) is 0.482. The minimum absolute atomic E-state index is 0.0333. The number of hydrogen-bond donors (Lipinski definition) is 3. The van der Waals surface area contributed by atoms with Crippen molar-refractivity contribution in [1.82, 2.24) is 10.3 Å². The lowest BCUT2D eigenvalue weighted by atomic mass is 10.1. The van der Waals surface area contributed by atoms with Gasteiger partial charge >= 0.3 is 6.09 Å². The van der Waals surface area contributed by atoms with Crippen LogP contribution in [0.15, 0.2) is 16.9 Å². The van der Waals surface area contributed by atoms with Crippen LogP contribution < -0.4 is 5.32 Å². The number of carbonyl (C=O) groups is 1. The fraction of sp³-hybridized carbons (Fsp3) is 0.625. The molecule has 25 heavy (non-hydrogen) atoms. The molecule has 6 nitrogen and oxygen atoms in total. The van der Waals surface area contributed by atoms with E-state index in [1.807, 2.05) is 0 Å². The number of aromatic nitrogens is 1. The van der Waals surface area contributed by atoms with E-state index in [9.17, 15) is 9.90 Å². The van der Waals surface area contributed by atoms with Gasteiger partial charge in [-0.05, 0) is 34.1 Å². The summed E-state index contributed by atoms with van der Waals surface area (Å²) in [4.78, 5) is 14.9. The van der Waals surface area contributed by atoms with E-state index in [4.69, 9.17) is 21.1 Å². The van der Waals surface area contributed by atoms with Gasteiger partial charge in [-0.25, -0.2) is 4.79 Å². The van der Waals surface area contributed by atoms with E-state index in [-0.39, 0.29) is 18.0 Å². The summed E-state index contributed by atoms with van der Waals surface area (Å²) in [6.07, 6.45) is 0.760. The molecule has 1 aromatic rings. The molecule has 1 heterocycles. The Bertz CT molecular complexity index is 610. The second-order valence-electron chi connectivity index (χ2n) is 7.46. The zero-order valence-electron chi connectivity index (χ0n) is 15.1. The number of pyridine rings is 1. The monoisotopic (exact) mass is 452 g/mol. The molecule has 2 atom stereocenters. The van der Waals surface area contributed by atoms with Gasteiger partial charge in [0.25, 0.3) is 0 Å². The Hall–Kier alpha value is -0.673. The largest absolute Gasteiger partial charge is 0.465 e. The van der Waals surface area contributed by atoms with Gasteiger partial charge in [-0.3, -0.25) is 4.98 Å². The molecule has 9 heteroatoms. The van der Waals surface area contributed by atoms with Crippen molar-refractivity contribution < 1.29 is 19.4 Å². The van der Waals surface area contributed by atoms with Gasteiger partial charge in [-0.2, -0.15) is 0 Å². The van der Waals surface area contributed by atoms with Crippen LogP contribution >= 0.6 is 27.5 Å². The van der Waals surface area contributed by atoms with Gasteiger partial charge in [0, 0.05) is 30.9 Å². The smallest absolute Gasteiger partial charge is 0.404 e. The zero-order valence-corrected chi connectivity index (χ0v) is 18.5. The average Bonchev–Trinajstić information content (AvgIpc) is 2.46. The molecule has 142 valence electrons. The van der Waals surface area contributed by atoms with Gasteiger partial charge in [-0.1, -0.05) is 32.4 Å². The number of halogens is 2. The van der Waals surface area contributed by atoms with Crippen LogP contribution in [0.25, 0.3) is 0 Å².